The molecular formula is C23H27NO4. The van der Waals surface area contributed by atoms with Gasteiger partial charge in [0.25, 0.3) is 0 Å². The van der Waals surface area contributed by atoms with Crippen LogP contribution in [0.15, 0.2) is 60.7 Å². The Labute approximate surface area is 166 Å². The van der Waals surface area contributed by atoms with E-state index in [0.717, 1.165) is 30.4 Å². The maximum atomic E-state index is 11.9. The molecule has 5 heteroatoms. The molecule has 2 rings (SSSR count). The van der Waals surface area contributed by atoms with Gasteiger partial charge in [-0.2, -0.15) is 0 Å². The smallest absolute Gasteiger partial charge is 0.338 e. The molecule has 5 nitrogen and oxygen atoms in total. The predicted octanol–water partition coefficient (Wildman–Crippen LogP) is 4.29. The number of amides is 1. The standard InChI is InChI=1S/C23H27NO4/c1-18-16-19(13-14-21(18)25)17-24-22(26)12-8-3-2-4-9-15-28-23(27)20-10-6-5-7-11-20/h4-7,9-11,13-14,16,25H,2-3,8,12,15,17H2,1H3,(H,24,26)/b9-4+. The van der Waals surface area contributed by atoms with Gasteiger partial charge in [-0.1, -0.05) is 42.5 Å². The molecule has 0 aliphatic carbocycles. The van der Waals surface area contributed by atoms with E-state index < -0.39 is 0 Å². The second-order valence-corrected chi connectivity index (χ2v) is 6.58. The number of aryl methyl sites for hydroxylation is 1. The highest BCUT2D eigenvalue weighted by Crippen LogP contribution is 2.16. The molecule has 2 N–H and O–H groups in total. The molecule has 0 aliphatic rings. The van der Waals surface area contributed by atoms with Crippen molar-refractivity contribution >= 4 is 11.9 Å². The minimum absolute atomic E-state index is 0.0199. The molecule has 0 atom stereocenters. The largest absolute Gasteiger partial charge is 0.508 e. The Morgan fingerprint density at radius 2 is 1.86 bits per heavy atom. The van der Waals surface area contributed by atoms with Crippen molar-refractivity contribution in [1.29, 1.82) is 0 Å². The normalized spacial score (nSPS) is 10.8. The lowest BCUT2D eigenvalue weighted by atomic mass is 10.1. The minimum atomic E-state index is -0.328. The molecule has 28 heavy (non-hydrogen) atoms. The van der Waals surface area contributed by atoms with E-state index in [4.69, 9.17) is 4.74 Å². The van der Waals surface area contributed by atoms with E-state index >= 15 is 0 Å². The van der Waals surface area contributed by atoms with Crippen molar-refractivity contribution in [3.05, 3.63) is 77.4 Å². The molecule has 148 valence electrons. The van der Waals surface area contributed by atoms with Gasteiger partial charge in [0.05, 0.1) is 5.56 Å². The molecule has 1 amide bonds. The number of phenolic OH excluding ortho intramolecular Hbond substituents is 1. The molecule has 0 saturated heterocycles. The third kappa shape index (κ3) is 7.66. The molecule has 0 unspecified atom stereocenters. The summed E-state index contributed by atoms with van der Waals surface area (Å²) in [4.78, 5) is 23.6. The van der Waals surface area contributed by atoms with Gasteiger partial charge in [0.1, 0.15) is 12.4 Å². The number of unbranched alkanes of at least 4 members (excludes halogenated alkanes) is 2. The topological polar surface area (TPSA) is 75.6 Å². The highest BCUT2D eigenvalue weighted by molar-refractivity contribution is 5.89. The highest BCUT2D eigenvalue weighted by atomic mass is 16.5. The van der Waals surface area contributed by atoms with Gasteiger partial charge in [-0.25, -0.2) is 4.79 Å². The third-order valence-corrected chi connectivity index (χ3v) is 4.26. The molecule has 0 aromatic heterocycles. The van der Waals surface area contributed by atoms with Crippen molar-refractivity contribution in [3.63, 3.8) is 0 Å². The molecule has 2 aromatic rings. The highest BCUT2D eigenvalue weighted by Gasteiger charge is 2.04. The van der Waals surface area contributed by atoms with Crippen molar-refractivity contribution in [1.82, 2.24) is 5.32 Å². The van der Waals surface area contributed by atoms with Crippen LogP contribution in [0, 0.1) is 6.92 Å². The summed E-state index contributed by atoms with van der Waals surface area (Å²) in [6.45, 7) is 2.55. The zero-order chi connectivity index (χ0) is 20.2. The van der Waals surface area contributed by atoms with Crippen LogP contribution in [0.2, 0.25) is 0 Å². The second-order valence-electron chi connectivity index (χ2n) is 6.58. The summed E-state index contributed by atoms with van der Waals surface area (Å²) in [7, 11) is 0. The summed E-state index contributed by atoms with van der Waals surface area (Å²) >= 11 is 0. The van der Waals surface area contributed by atoms with Gasteiger partial charge >= 0.3 is 5.97 Å². The summed E-state index contributed by atoms with van der Waals surface area (Å²) in [5, 5.41) is 12.4. The average Bonchev–Trinajstić information content (AvgIpc) is 2.71. The Balaban J connectivity index is 1.52. The number of ether oxygens (including phenoxy) is 1. The van der Waals surface area contributed by atoms with Crippen molar-refractivity contribution in [3.8, 4) is 5.75 Å². The molecule has 0 aliphatic heterocycles. The van der Waals surface area contributed by atoms with E-state index in [1.807, 2.05) is 31.2 Å². The Bertz CT molecular complexity index is 800. The quantitative estimate of drug-likeness (QED) is 0.366. The van der Waals surface area contributed by atoms with Crippen LogP contribution >= 0.6 is 0 Å². The number of carbonyl (C=O) groups excluding carboxylic acids is 2. The number of allylic oxidation sites excluding steroid dienone is 1. The first-order valence-electron chi connectivity index (χ1n) is 9.48. The van der Waals surface area contributed by atoms with E-state index in [1.165, 1.54) is 0 Å². The SMILES string of the molecule is Cc1cc(CNC(=O)CCCC/C=C/COC(=O)c2ccccc2)ccc1O. The maximum Gasteiger partial charge on any atom is 0.338 e. The fraction of sp³-hybridized carbons (Fsp3) is 0.304. The zero-order valence-electron chi connectivity index (χ0n) is 16.2. The van der Waals surface area contributed by atoms with E-state index in [0.29, 0.717) is 18.5 Å². The van der Waals surface area contributed by atoms with Gasteiger partial charge in [-0.3, -0.25) is 4.79 Å². The van der Waals surface area contributed by atoms with Gasteiger partial charge in [0, 0.05) is 13.0 Å². The third-order valence-electron chi connectivity index (χ3n) is 4.26. The lowest BCUT2D eigenvalue weighted by Crippen LogP contribution is -2.22. The Morgan fingerprint density at radius 3 is 2.61 bits per heavy atom. The molecular weight excluding hydrogens is 354 g/mol. The van der Waals surface area contributed by atoms with Gasteiger partial charge in [0.2, 0.25) is 5.91 Å². The van der Waals surface area contributed by atoms with Crippen molar-refractivity contribution in [2.24, 2.45) is 0 Å². The van der Waals surface area contributed by atoms with E-state index in [2.05, 4.69) is 5.32 Å². The summed E-state index contributed by atoms with van der Waals surface area (Å²) in [5.41, 5.74) is 2.31. The monoisotopic (exact) mass is 381 g/mol. The molecule has 0 fully saturated rings. The summed E-state index contributed by atoms with van der Waals surface area (Å²) in [6.07, 6.45) is 6.81. The first-order chi connectivity index (χ1) is 13.6. The van der Waals surface area contributed by atoms with Crippen molar-refractivity contribution in [2.75, 3.05) is 6.61 Å². The Hall–Kier alpha value is -3.08. The van der Waals surface area contributed by atoms with Crippen molar-refractivity contribution in [2.45, 2.75) is 39.2 Å². The fourth-order valence-electron chi connectivity index (χ4n) is 2.63. The van der Waals surface area contributed by atoms with Crippen LogP contribution in [0.25, 0.3) is 0 Å². The van der Waals surface area contributed by atoms with Gasteiger partial charge in [-0.15, -0.1) is 0 Å². The van der Waals surface area contributed by atoms with Crippen LogP contribution < -0.4 is 5.32 Å². The Kier molecular flexibility index (Phi) is 8.79. The first-order valence-corrected chi connectivity index (χ1v) is 9.48. The zero-order valence-corrected chi connectivity index (χ0v) is 16.2. The molecule has 2 aromatic carbocycles. The number of esters is 1. The lowest BCUT2D eigenvalue weighted by Gasteiger charge is -2.07. The minimum Gasteiger partial charge on any atom is -0.508 e. The summed E-state index contributed by atoms with van der Waals surface area (Å²) < 4.78 is 5.16. The maximum absolute atomic E-state index is 11.9. The lowest BCUT2D eigenvalue weighted by molar-refractivity contribution is -0.121. The number of benzene rings is 2. The van der Waals surface area contributed by atoms with E-state index in [1.54, 1.807) is 36.4 Å². The van der Waals surface area contributed by atoms with Gasteiger partial charge in [-0.05, 0) is 55.5 Å². The fourth-order valence-corrected chi connectivity index (χ4v) is 2.63. The molecule has 0 radical (unpaired) electrons. The summed E-state index contributed by atoms with van der Waals surface area (Å²) in [6, 6.07) is 14.2. The average molecular weight is 381 g/mol. The first kappa shape index (κ1) is 21.2. The van der Waals surface area contributed by atoms with Crippen LogP contribution in [0.3, 0.4) is 0 Å². The van der Waals surface area contributed by atoms with Gasteiger partial charge < -0.3 is 15.2 Å². The molecule has 0 bridgehead atoms. The molecule has 0 heterocycles. The van der Waals surface area contributed by atoms with Crippen molar-refractivity contribution < 1.29 is 19.4 Å². The number of aromatic hydroxyl groups is 1. The number of hydrogen-bond acceptors (Lipinski definition) is 4. The van der Waals surface area contributed by atoms with Crippen LogP contribution in [0.5, 0.6) is 5.75 Å². The number of rotatable bonds is 10. The van der Waals surface area contributed by atoms with Crippen LogP contribution in [-0.4, -0.2) is 23.6 Å². The molecule has 0 saturated carbocycles. The number of phenols is 1. The summed E-state index contributed by atoms with van der Waals surface area (Å²) in [5.74, 6) is -0.0461. The van der Waals surface area contributed by atoms with E-state index in [9.17, 15) is 14.7 Å². The van der Waals surface area contributed by atoms with Crippen LogP contribution in [-0.2, 0) is 16.1 Å². The number of nitrogens with one attached hydrogen (secondary N) is 1. The predicted molar refractivity (Wildman–Crippen MR) is 109 cm³/mol. The second kappa shape index (κ2) is 11.6. The number of hydrogen-bond donors (Lipinski definition) is 2. The number of carbonyl (C=O) groups is 2. The molecule has 0 spiro atoms. The Morgan fingerprint density at radius 1 is 1.07 bits per heavy atom. The van der Waals surface area contributed by atoms with Gasteiger partial charge in [0.15, 0.2) is 0 Å². The van der Waals surface area contributed by atoms with Crippen LogP contribution in [0.1, 0.15) is 47.2 Å². The van der Waals surface area contributed by atoms with Crippen LogP contribution in [0.4, 0.5) is 0 Å². The van der Waals surface area contributed by atoms with E-state index in [-0.39, 0.29) is 24.2 Å².